The van der Waals surface area contributed by atoms with Crippen LogP contribution < -0.4 is 16.4 Å². The fourth-order valence-electron chi connectivity index (χ4n) is 2.96. The van der Waals surface area contributed by atoms with E-state index in [4.69, 9.17) is 5.73 Å². The van der Waals surface area contributed by atoms with Crippen LogP contribution in [0.2, 0.25) is 0 Å². The number of anilines is 1. The molecule has 0 heterocycles. The first-order valence-electron chi connectivity index (χ1n) is 8.50. The van der Waals surface area contributed by atoms with Crippen LogP contribution in [0.3, 0.4) is 0 Å². The van der Waals surface area contributed by atoms with Crippen molar-refractivity contribution in [1.29, 1.82) is 0 Å². The summed E-state index contributed by atoms with van der Waals surface area (Å²) < 4.78 is 0. The second kappa shape index (κ2) is 10.3. The van der Waals surface area contributed by atoms with E-state index in [0.29, 0.717) is 13.0 Å². The highest BCUT2D eigenvalue weighted by atomic mass is 35.5. The molecule has 5 nitrogen and oxygen atoms in total. The van der Waals surface area contributed by atoms with Gasteiger partial charge in [0.25, 0.3) is 0 Å². The summed E-state index contributed by atoms with van der Waals surface area (Å²) in [5.41, 5.74) is 7.74. The lowest BCUT2D eigenvalue weighted by Crippen LogP contribution is -2.37. The lowest BCUT2D eigenvalue weighted by Gasteiger charge is -2.25. The maximum atomic E-state index is 12.2. The van der Waals surface area contributed by atoms with Gasteiger partial charge in [0.15, 0.2) is 0 Å². The third kappa shape index (κ3) is 6.49. The van der Waals surface area contributed by atoms with Crippen molar-refractivity contribution in [2.75, 3.05) is 5.32 Å². The van der Waals surface area contributed by atoms with Crippen LogP contribution >= 0.6 is 12.4 Å². The Kier molecular flexibility index (Phi) is 8.79. The molecule has 1 saturated carbocycles. The van der Waals surface area contributed by atoms with E-state index < -0.39 is 0 Å². The van der Waals surface area contributed by atoms with Crippen molar-refractivity contribution in [3.05, 3.63) is 29.8 Å². The molecular weight excluding hydrogens is 326 g/mol. The number of carbonyl (C=O) groups excluding carboxylic acids is 2. The van der Waals surface area contributed by atoms with Crippen LogP contribution in [0.1, 0.15) is 51.0 Å². The predicted octanol–water partition coefficient (Wildman–Crippen LogP) is 2.98. The van der Waals surface area contributed by atoms with Crippen molar-refractivity contribution < 1.29 is 9.59 Å². The lowest BCUT2D eigenvalue weighted by atomic mass is 9.85. The lowest BCUT2D eigenvalue weighted by molar-refractivity contribution is -0.126. The van der Waals surface area contributed by atoms with Gasteiger partial charge in [0.2, 0.25) is 11.8 Å². The molecule has 0 radical (unpaired) electrons. The van der Waals surface area contributed by atoms with Crippen molar-refractivity contribution in [3.63, 3.8) is 0 Å². The standard InChI is InChI=1S/C18H27N3O2.ClH/c1-2-4-17(22)21-16-9-7-13(8-10-16)12-20-18(23)14-5-3-6-15(19)11-14;/h7-10,14-15H,2-6,11-12,19H2,1H3,(H,20,23)(H,21,22);1H. The third-order valence-electron chi connectivity index (χ3n) is 4.27. The first kappa shape index (κ1) is 20.5. The average molecular weight is 354 g/mol. The number of amides is 2. The summed E-state index contributed by atoms with van der Waals surface area (Å²) >= 11 is 0. The van der Waals surface area contributed by atoms with E-state index in [-0.39, 0.29) is 36.2 Å². The van der Waals surface area contributed by atoms with E-state index >= 15 is 0 Å². The summed E-state index contributed by atoms with van der Waals surface area (Å²) in [5, 5.41) is 5.84. The third-order valence-corrected chi connectivity index (χ3v) is 4.27. The first-order valence-corrected chi connectivity index (χ1v) is 8.50. The van der Waals surface area contributed by atoms with Gasteiger partial charge in [-0.25, -0.2) is 0 Å². The Morgan fingerprint density at radius 3 is 2.54 bits per heavy atom. The van der Waals surface area contributed by atoms with Crippen LogP contribution in [-0.4, -0.2) is 17.9 Å². The van der Waals surface area contributed by atoms with Gasteiger partial charge in [-0.05, 0) is 43.4 Å². The number of nitrogens with two attached hydrogens (primary N) is 1. The Hall–Kier alpha value is -1.59. The highest BCUT2D eigenvalue weighted by molar-refractivity contribution is 5.90. The molecule has 0 bridgehead atoms. The van der Waals surface area contributed by atoms with E-state index in [1.165, 1.54) is 0 Å². The Balaban J connectivity index is 0.00000288. The molecule has 24 heavy (non-hydrogen) atoms. The molecule has 1 aromatic rings. The van der Waals surface area contributed by atoms with Crippen molar-refractivity contribution >= 4 is 29.9 Å². The second-order valence-corrected chi connectivity index (χ2v) is 6.34. The topological polar surface area (TPSA) is 84.2 Å². The fraction of sp³-hybridized carbons (Fsp3) is 0.556. The smallest absolute Gasteiger partial charge is 0.224 e. The predicted molar refractivity (Wildman–Crippen MR) is 99.0 cm³/mol. The minimum Gasteiger partial charge on any atom is -0.352 e. The molecule has 6 heteroatoms. The van der Waals surface area contributed by atoms with Gasteiger partial charge in [0.1, 0.15) is 0 Å². The summed E-state index contributed by atoms with van der Waals surface area (Å²) in [4.78, 5) is 23.7. The normalized spacial score (nSPS) is 19.9. The molecule has 1 fully saturated rings. The fourth-order valence-corrected chi connectivity index (χ4v) is 2.96. The summed E-state index contributed by atoms with van der Waals surface area (Å²) in [6.45, 7) is 2.48. The van der Waals surface area contributed by atoms with E-state index in [9.17, 15) is 9.59 Å². The highest BCUT2D eigenvalue weighted by Crippen LogP contribution is 2.23. The molecule has 1 aliphatic rings. The van der Waals surface area contributed by atoms with Crippen molar-refractivity contribution in [2.45, 2.75) is 58.0 Å². The van der Waals surface area contributed by atoms with Crippen molar-refractivity contribution in [3.8, 4) is 0 Å². The number of hydrogen-bond acceptors (Lipinski definition) is 3. The molecule has 0 saturated heterocycles. The van der Waals surface area contributed by atoms with Gasteiger partial charge in [-0.2, -0.15) is 0 Å². The summed E-state index contributed by atoms with van der Waals surface area (Å²) in [5.74, 6) is 0.175. The maximum Gasteiger partial charge on any atom is 0.224 e. The van der Waals surface area contributed by atoms with Gasteiger partial charge in [-0.1, -0.05) is 25.5 Å². The van der Waals surface area contributed by atoms with Crippen LogP contribution in [-0.2, 0) is 16.1 Å². The average Bonchev–Trinajstić information content (AvgIpc) is 2.54. The maximum absolute atomic E-state index is 12.2. The molecule has 2 rings (SSSR count). The van der Waals surface area contributed by atoms with Crippen molar-refractivity contribution in [2.24, 2.45) is 11.7 Å². The van der Waals surface area contributed by atoms with Crippen LogP contribution in [0.25, 0.3) is 0 Å². The Bertz CT molecular complexity index is 534. The molecule has 2 atom stereocenters. The molecule has 134 valence electrons. The van der Waals surface area contributed by atoms with Crippen LogP contribution in [0.5, 0.6) is 0 Å². The monoisotopic (exact) mass is 353 g/mol. The first-order chi connectivity index (χ1) is 11.1. The zero-order chi connectivity index (χ0) is 16.7. The van der Waals surface area contributed by atoms with E-state index in [0.717, 1.165) is 43.4 Å². The highest BCUT2D eigenvalue weighted by Gasteiger charge is 2.24. The number of halogens is 1. The van der Waals surface area contributed by atoms with Gasteiger partial charge in [0.05, 0.1) is 0 Å². The molecule has 1 aliphatic carbocycles. The summed E-state index contributed by atoms with van der Waals surface area (Å²) in [6.07, 6.45) is 5.14. The van der Waals surface area contributed by atoms with Crippen LogP contribution in [0.15, 0.2) is 24.3 Å². The van der Waals surface area contributed by atoms with Gasteiger partial charge < -0.3 is 16.4 Å². The quantitative estimate of drug-likeness (QED) is 0.735. The molecule has 2 amide bonds. The van der Waals surface area contributed by atoms with Crippen molar-refractivity contribution in [1.82, 2.24) is 5.32 Å². The van der Waals surface area contributed by atoms with E-state index in [1.54, 1.807) is 0 Å². The minimum atomic E-state index is 0. The number of carbonyl (C=O) groups is 2. The van der Waals surface area contributed by atoms with Gasteiger partial charge in [-0.3, -0.25) is 9.59 Å². The van der Waals surface area contributed by atoms with Gasteiger partial charge in [-0.15, -0.1) is 12.4 Å². The Morgan fingerprint density at radius 2 is 1.92 bits per heavy atom. The molecule has 0 aromatic heterocycles. The van der Waals surface area contributed by atoms with Gasteiger partial charge >= 0.3 is 0 Å². The summed E-state index contributed by atoms with van der Waals surface area (Å²) in [6, 6.07) is 7.74. The van der Waals surface area contributed by atoms with Crippen LogP contribution in [0, 0.1) is 5.92 Å². The zero-order valence-corrected chi connectivity index (χ0v) is 15.0. The van der Waals surface area contributed by atoms with Gasteiger partial charge in [0, 0.05) is 30.6 Å². The molecule has 0 aliphatic heterocycles. The largest absolute Gasteiger partial charge is 0.352 e. The molecule has 2 unspecified atom stereocenters. The molecular formula is C18H28ClN3O2. The number of benzene rings is 1. The Labute approximate surface area is 150 Å². The minimum absolute atomic E-state index is 0. The number of rotatable bonds is 6. The molecule has 1 aromatic carbocycles. The SMILES string of the molecule is CCCC(=O)Nc1ccc(CNC(=O)C2CCCC(N)C2)cc1.Cl. The molecule has 4 N–H and O–H groups in total. The number of hydrogen-bond donors (Lipinski definition) is 3. The van der Waals surface area contributed by atoms with Crippen LogP contribution in [0.4, 0.5) is 5.69 Å². The number of nitrogens with one attached hydrogen (secondary N) is 2. The summed E-state index contributed by atoms with van der Waals surface area (Å²) in [7, 11) is 0. The zero-order valence-electron chi connectivity index (χ0n) is 14.2. The Morgan fingerprint density at radius 1 is 1.21 bits per heavy atom. The molecule has 0 spiro atoms. The second-order valence-electron chi connectivity index (χ2n) is 6.34. The van der Waals surface area contributed by atoms with E-state index in [2.05, 4.69) is 10.6 Å². The van der Waals surface area contributed by atoms with E-state index in [1.807, 2.05) is 31.2 Å².